The molecule has 0 fully saturated rings. The zero-order valence-electron chi connectivity index (χ0n) is 10.7. The van der Waals surface area contributed by atoms with Crippen molar-refractivity contribution in [3.8, 4) is 5.88 Å². The minimum Gasteiger partial charge on any atom is -0.478 e. The lowest BCUT2D eigenvalue weighted by Crippen LogP contribution is -2.12. The third-order valence-electron chi connectivity index (χ3n) is 2.23. The fraction of sp³-hybridized carbons (Fsp3) is 0.615. The summed E-state index contributed by atoms with van der Waals surface area (Å²) in [6, 6.07) is 3.89. The van der Waals surface area contributed by atoms with Crippen molar-refractivity contribution in [1.82, 2.24) is 4.98 Å². The van der Waals surface area contributed by atoms with Gasteiger partial charge in [0.25, 0.3) is 0 Å². The summed E-state index contributed by atoms with van der Waals surface area (Å²) in [6.07, 6.45) is 2.95. The standard InChI is InChI=1S/C13H22N2O/c1-5-16-12-7-6-11(10-15-12)14-9-8-13(2,3)4/h6-7,10,14H,5,8-9H2,1-4H3. The summed E-state index contributed by atoms with van der Waals surface area (Å²) in [6.45, 7) is 10.3. The lowest BCUT2D eigenvalue weighted by atomic mass is 9.92. The summed E-state index contributed by atoms with van der Waals surface area (Å²) in [5, 5.41) is 3.35. The predicted molar refractivity (Wildman–Crippen MR) is 68.0 cm³/mol. The van der Waals surface area contributed by atoms with Gasteiger partial charge in [-0.25, -0.2) is 4.98 Å². The zero-order valence-corrected chi connectivity index (χ0v) is 10.7. The van der Waals surface area contributed by atoms with Crippen LogP contribution >= 0.6 is 0 Å². The summed E-state index contributed by atoms with van der Waals surface area (Å²) in [5.74, 6) is 0.684. The molecule has 1 aromatic rings. The van der Waals surface area contributed by atoms with Crippen molar-refractivity contribution in [2.24, 2.45) is 5.41 Å². The molecule has 0 aliphatic carbocycles. The Morgan fingerprint density at radius 2 is 2.06 bits per heavy atom. The number of hydrogen-bond donors (Lipinski definition) is 1. The number of hydrogen-bond acceptors (Lipinski definition) is 3. The van der Waals surface area contributed by atoms with E-state index in [1.54, 1.807) is 0 Å². The van der Waals surface area contributed by atoms with Gasteiger partial charge >= 0.3 is 0 Å². The van der Waals surface area contributed by atoms with Crippen molar-refractivity contribution < 1.29 is 4.74 Å². The maximum atomic E-state index is 5.28. The third kappa shape index (κ3) is 5.01. The summed E-state index contributed by atoms with van der Waals surface area (Å²) < 4.78 is 5.28. The Hall–Kier alpha value is -1.25. The Balaban J connectivity index is 2.37. The first-order chi connectivity index (χ1) is 7.51. The molecule has 0 radical (unpaired) electrons. The molecule has 0 saturated carbocycles. The van der Waals surface area contributed by atoms with Crippen molar-refractivity contribution in [3.05, 3.63) is 18.3 Å². The smallest absolute Gasteiger partial charge is 0.213 e. The van der Waals surface area contributed by atoms with E-state index in [1.165, 1.54) is 0 Å². The van der Waals surface area contributed by atoms with Gasteiger partial charge in [0.05, 0.1) is 18.5 Å². The van der Waals surface area contributed by atoms with Gasteiger partial charge in [-0.3, -0.25) is 0 Å². The van der Waals surface area contributed by atoms with Gasteiger partial charge in [-0.1, -0.05) is 20.8 Å². The second kappa shape index (κ2) is 5.73. The molecule has 0 saturated heterocycles. The van der Waals surface area contributed by atoms with Crippen LogP contribution in [-0.2, 0) is 0 Å². The Morgan fingerprint density at radius 1 is 1.31 bits per heavy atom. The minimum atomic E-state index is 0.367. The minimum absolute atomic E-state index is 0.367. The quantitative estimate of drug-likeness (QED) is 0.829. The Morgan fingerprint density at radius 3 is 2.56 bits per heavy atom. The van der Waals surface area contributed by atoms with Crippen LogP contribution in [0.15, 0.2) is 18.3 Å². The van der Waals surface area contributed by atoms with Crippen molar-refractivity contribution in [3.63, 3.8) is 0 Å². The zero-order chi connectivity index (χ0) is 12.0. The number of ether oxygens (including phenoxy) is 1. The van der Waals surface area contributed by atoms with E-state index in [9.17, 15) is 0 Å². The Kier molecular flexibility index (Phi) is 4.59. The van der Waals surface area contributed by atoms with Crippen LogP contribution in [-0.4, -0.2) is 18.1 Å². The van der Waals surface area contributed by atoms with E-state index < -0.39 is 0 Å². The SMILES string of the molecule is CCOc1ccc(NCCC(C)(C)C)cn1. The molecule has 1 N–H and O–H groups in total. The molecule has 0 aromatic carbocycles. The van der Waals surface area contributed by atoms with E-state index in [1.807, 2.05) is 25.3 Å². The highest BCUT2D eigenvalue weighted by atomic mass is 16.5. The van der Waals surface area contributed by atoms with E-state index in [0.29, 0.717) is 17.9 Å². The first-order valence-corrected chi connectivity index (χ1v) is 5.84. The summed E-state index contributed by atoms with van der Waals surface area (Å²) in [7, 11) is 0. The molecule has 0 aliphatic heterocycles. The van der Waals surface area contributed by atoms with Crippen LogP contribution in [0.5, 0.6) is 5.88 Å². The van der Waals surface area contributed by atoms with Gasteiger partial charge < -0.3 is 10.1 Å². The molecule has 0 unspecified atom stereocenters. The molecule has 1 rings (SSSR count). The maximum Gasteiger partial charge on any atom is 0.213 e. The molecular formula is C13H22N2O. The van der Waals surface area contributed by atoms with E-state index in [-0.39, 0.29) is 0 Å². The molecule has 3 nitrogen and oxygen atoms in total. The lowest BCUT2D eigenvalue weighted by molar-refractivity contribution is 0.327. The fourth-order valence-electron chi connectivity index (χ4n) is 1.30. The Labute approximate surface area is 98.2 Å². The van der Waals surface area contributed by atoms with Crippen LogP contribution in [0.3, 0.4) is 0 Å². The highest BCUT2D eigenvalue weighted by Crippen LogP contribution is 2.18. The van der Waals surface area contributed by atoms with Crippen LogP contribution in [0.1, 0.15) is 34.1 Å². The average Bonchev–Trinajstić information content (AvgIpc) is 2.19. The molecule has 0 atom stereocenters. The molecule has 0 bridgehead atoms. The van der Waals surface area contributed by atoms with Gasteiger partial charge in [-0.05, 0) is 24.8 Å². The number of aromatic nitrogens is 1. The van der Waals surface area contributed by atoms with Gasteiger partial charge in [0.15, 0.2) is 0 Å². The first-order valence-electron chi connectivity index (χ1n) is 5.84. The second-order valence-corrected chi connectivity index (χ2v) is 5.06. The monoisotopic (exact) mass is 222 g/mol. The number of nitrogens with one attached hydrogen (secondary N) is 1. The molecule has 0 amide bonds. The van der Waals surface area contributed by atoms with Gasteiger partial charge in [0.1, 0.15) is 0 Å². The summed E-state index contributed by atoms with van der Waals surface area (Å²) in [5.41, 5.74) is 1.42. The molecule has 16 heavy (non-hydrogen) atoms. The van der Waals surface area contributed by atoms with Crippen LogP contribution in [0.2, 0.25) is 0 Å². The van der Waals surface area contributed by atoms with E-state index in [4.69, 9.17) is 4.74 Å². The number of pyridine rings is 1. The molecule has 0 aliphatic rings. The normalized spacial score (nSPS) is 11.2. The van der Waals surface area contributed by atoms with E-state index >= 15 is 0 Å². The third-order valence-corrected chi connectivity index (χ3v) is 2.23. The highest BCUT2D eigenvalue weighted by molar-refractivity contribution is 5.41. The van der Waals surface area contributed by atoms with Crippen LogP contribution in [0, 0.1) is 5.41 Å². The Bertz CT molecular complexity index is 301. The highest BCUT2D eigenvalue weighted by Gasteiger charge is 2.08. The van der Waals surface area contributed by atoms with Crippen molar-refractivity contribution in [2.75, 3.05) is 18.5 Å². The first kappa shape index (κ1) is 12.8. The molecule has 1 heterocycles. The van der Waals surface area contributed by atoms with Crippen LogP contribution in [0.4, 0.5) is 5.69 Å². The molecular weight excluding hydrogens is 200 g/mol. The summed E-state index contributed by atoms with van der Waals surface area (Å²) in [4.78, 5) is 4.20. The number of rotatable bonds is 5. The van der Waals surface area contributed by atoms with Crippen LogP contribution < -0.4 is 10.1 Å². The predicted octanol–water partition coefficient (Wildman–Crippen LogP) is 3.33. The van der Waals surface area contributed by atoms with Crippen molar-refractivity contribution >= 4 is 5.69 Å². The van der Waals surface area contributed by atoms with Gasteiger partial charge in [-0.2, -0.15) is 0 Å². The molecule has 90 valence electrons. The topological polar surface area (TPSA) is 34.1 Å². The van der Waals surface area contributed by atoms with E-state index in [2.05, 4.69) is 31.1 Å². The average molecular weight is 222 g/mol. The lowest BCUT2D eigenvalue weighted by Gasteiger charge is -2.18. The molecule has 1 aromatic heterocycles. The van der Waals surface area contributed by atoms with Crippen LogP contribution in [0.25, 0.3) is 0 Å². The second-order valence-electron chi connectivity index (χ2n) is 5.06. The molecule has 3 heteroatoms. The largest absolute Gasteiger partial charge is 0.478 e. The maximum absolute atomic E-state index is 5.28. The fourth-order valence-corrected chi connectivity index (χ4v) is 1.30. The van der Waals surface area contributed by atoms with Gasteiger partial charge in [-0.15, -0.1) is 0 Å². The van der Waals surface area contributed by atoms with Gasteiger partial charge in [0.2, 0.25) is 5.88 Å². The van der Waals surface area contributed by atoms with Gasteiger partial charge in [0, 0.05) is 12.6 Å². The van der Waals surface area contributed by atoms with Crippen molar-refractivity contribution in [1.29, 1.82) is 0 Å². The number of anilines is 1. The van der Waals surface area contributed by atoms with E-state index in [0.717, 1.165) is 18.7 Å². The summed E-state index contributed by atoms with van der Waals surface area (Å²) >= 11 is 0. The number of nitrogens with zero attached hydrogens (tertiary/aromatic N) is 1. The molecule has 0 spiro atoms. The van der Waals surface area contributed by atoms with Crippen molar-refractivity contribution in [2.45, 2.75) is 34.1 Å².